The zero-order valence-corrected chi connectivity index (χ0v) is 16.4. The molecule has 3 unspecified atom stereocenters. The van der Waals surface area contributed by atoms with Crippen LogP contribution in [0.25, 0.3) is 0 Å². The summed E-state index contributed by atoms with van der Waals surface area (Å²) in [5, 5.41) is 34.3. The van der Waals surface area contributed by atoms with Crippen molar-refractivity contribution in [2.75, 3.05) is 11.6 Å². The molecule has 0 aromatic heterocycles. The number of nitrogens with zero attached hydrogens (tertiary/aromatic N) is 1. The van der Waals surface area contributed by atoms with Crippen molar-refractivity contribution in [3.63, 3.8) is 0 Å². The summed E-state index contributed by atoms with van der Waals surface area (Å²) in [6.45, 7) is 0.590. The highest BCUT2D eigenvalue weighted by Crippen LogP contribution is 2.40. The van der Waals surface area contributed by atoms with Crippen molar-refractivity contribution in [3.8, 4) is 11.5 Å². The zero-order chi connectivity index (χ0) is 21.1. The lowest BCUT2D eigenvalue weighted by Gasteiger charge is -2.30. The second-order valence-corrected chi connectivity index (χ2v) is 7.61. The molecule has 0 saturated carbocycles. The number of phenols is 2. The van der Waals surface area contributed by atoms with Crippen LogP contribution in [0.1, 0.15) is 36.1 Å². The lowest BCUT2D eigenvalue weighted by Crippen LogP contribution is -2.29. The highest BCUT2D eigenvalue weighted by atomic mass is 19.1. The van der Waals surface area contributed by atoms with Crippen LogP contribution >= 0.6 is 0 Å². The standard InChI is InChI=1S/C24H25FN2O3/c25-17-8-6-16(7-9-17)22(29)13-12-21-24(20-11-10-19(28)14-23(20)30)27(15-26-21)18-4-2-1-3-5-18/h1-11,14,21-22,24,26,28-30H,12-13,15H2. The minimum Gasteiger partial charge on any atom is -0.508 e. The van der Waals surface area contributed by atoms with Crippen LogP contribution in [0.4, 0.5) is 10.1 Å². The third kappa shape index (κ3) is 4.25. The number of rotatable bonds is 6. The Hall–Kier alpha value is -3.09. The van der Waals surface area contributed by atoms with Crippen molar-refractivity contribution < 1.29 is 19.7 Å². The molecule has 1 aliphatic heterocycles. The minimum absolute atomic E-state index is 0.0109. The first-order valence-electron chi connectivity index (χ1n) is 10.0. The lowest BCUT2D eigenvalue weighted by atomic mass is 9.92. The first-order chi connectivity index (χ1) is 14.5. The number of phenolic OH excluding ortho intramolecular Hbond substituents is 2. The minimum atomic E-state index is -0.702. The topological polar surface area (TPSA) is 76.0 Å². The number of hydrogen-bond donors (Lipinski definition) is 4. The van der Waals surface area contributed by atoms with Crippen LogP contribution in [-0.2, 0) is 0 Å². The molecule has 0 aliphatic carbocycles. The van der Waals surface area contributed by atoms with Crippen LogP contribution in [0.5, 0.6) is 11.5 Å². The van der Waals surface area contributed by atoms with Crippen LogP contribution in [-0.4, -0.2) is 28.0 Å². The molecule has 0 spiro atoms. The molecule has 0 radical (unpaired) electrons. The molecule has 6 heteroatoms. The molecule has 1 aliphatic rings. The molecule has 0 amide bonds. The molecule has 3 atom stereocenters. The molecule has 1 heterocycles. The monoisotopic (exact) mass is 408 g/mol. The summed E-state index contributed by atoms with van der Waals surface area (Å²) in [6, 6.07) is 20.3. The van der Waals surface area contributed by atoms with E-state index in [4.69, 9.17) is 0 Å². The fourth-order valence-corrected chi connectivity index (χ4v) is 4.13. The molecule has 4 rings (SSSR count). The van der Waals surface area contributed by atoms with Crippen LogP contribution < -0.4 is 10.2 Å². The van der Waals surface area contributed by atoms with Crippen molar-refractivity contribution in [1.29, 1.82) is 0 Å². The first-order valence-corrected chi connectivity index (χ1v) is 10.0. The van der Waals surface area contributed by atoms with Gasteiger partial charge < -0.3 is 20.2 Å². The van der Waals surface area contributed by atoms with Gasteiger partial charge in [-0.25, -0.2) is 4.39 Å². The number of aliphatic hydroxyl groups excluding tert-OH is 1. The molecule has 0 bridgehead atoms. The third-order valence-electron chi connectivity index (χ3n) is 5.67. The fraction of sp³-hybridized carbons (Fsp3) is 0.250. The Bertz CT molecular complexity index is 982. The summed E-state index contributed by atoms with van der Waals surface area (Å²) in [5.41, 5.74) is 2.41. The number of halogens is 1. The van der Waals surface area contributed by atoms with Crippen molar-refractivity contribution in [2.45, 2.75) is 31.0 Å². The quantitative estimate of drug-likeness (QED) is 0.491. The van der Waals surface area contributed by atoms with Gasteiger partial charge in [0.1, 0.15) is 17.3 Å². The van der Waals surface area contributed by atoms with E-state index in [9.17, 15) is 19.7 Å². The largest absolute Gasteiger partial charge is 0.508 e. The Balaban J connectivity index is 1.57. The van der Waals surface area contributed by atoms with Gasteiger partial charge in [0.15, 0.2) is 0 Å². The number of aromatic hydroxyl groups is 2. The maximum atomic E-state index is 13.2. The second-order valence-electron chi connectivity index (χ2n) is 7.61. The molecule has 30 heavy (non-hydrogen) atoms. The fourth-order valence-electron chi connectivity index (χ4n) is 4.13. The first kappa shape index (κ1) is 20.2. The van der Waals surface area contributed by atoms with Gasteiger partial charge in [-0.05, 0) is 54.8 Å². The van der Waals surface area contributed by atoms with E-state index in [2.05, 4.69) is 10.2 Å². The molecule has 5 nitrogen and oxygen atoms in total. The van der Waals surface area contributed by atoms with Crippen LogP contribution in [0.15, 0.2) is 72.8 Å². The predicted octanol–water partition coefficient (Wildman–Crippen LogP) is 4.23. The predicted molar refractivity (Wildman–Crippen MR) is 114 cm³/mol. The van der Waals surface area contributed by atoms with Gasteiger partial charge in [0.2, 0.25) is 0 Å². The van der Waals surface area contributed by atoms with E-state index in [1.165, 1.54) is 18.2 Å². The Morgan fingerprint density at radius 3 is 2.43 bits per heavy atom. The average molecular weight is 408 g/mol. The van der Waals surface area contributed by atoms with Crippen LogP contribution in [0, 0.1) is 5.82 Å². The number of para-hydroxylation sites is 1. The van der Waals surface area contributed by atoms with Crippen LogP contribution in [0.2, 0.25) is 0 Å². The second kappa shape index (κ2) is 8.73. The summed E-state index contributed by atoms with van der Waals surface area (Å²) in [7, 11) is 0. The van der Waals surface area contributed by atoms with E-state index < -0.39 is 6.10 Å². The van der Waals surface area contributed by atoms with Gasteiger partial charge in [-0.1, -0.05) is 30.3 Å². The van der Waals surface area contributed by atoms with Gasteiger partial charge in [-0.3, -0.25) is 5.32 Å². The molecule has 3 aromatic carbocycles. The highest BCUT2D eigenvalue weighted by Gasteiger charge is 2.36. The molecule has 3 aromatic rings. The third-order valence-corrected chi connectivity index (χ3v) is 5.67. The Labute approximate surface area is 175 Å². The maximum Gasteiger partial charge on any atom is 0.124 e. The van der Waals surface area contributed by atoms with Gasteiger partial charge in [0, 0.05) is 23.4 Å². The lowest BCUT2D eigenvalue weighted by molar-refractivity contribution is 0.159. The summed E-state index contributed by atoms with van der Waals surface area (Å²) < 4.78 is 13.2. The van der Waals surface area contributed by atoms with Crippen molar-refractivity contribution >= 4 is 5.69 Å². The number of aliphatic hydroxyl groups is 1. The van der Waals surface area contributed by atoms with E-state index in [1.807, 2.05) is 30.3 Å². The van der Waals surface area contributed by atoms with E-state index in [-0.39, 0.29) is 29.4 Å². The van der Waals surface area contributed by atoms with E-state index >= 15 is 0 Å². The Morgan fingerprint density at radius 1 is 1.00 bits per heavy atom. The Kier molecular flexibility index (Phi) is 5.88. The summed E-state index contributed by atoms with van der Waals surface area (Å²) >= 11 is 0. The number of nitrogens with one attached hydrogen (secondary N) is 1. The molecule has 4 N–H and O–H groups in total. The smallest absolute Gasteiger partial charge is 0.124 e. The number of anilines is 1. The average Bonchev–Trinajstić information content (AvgIpc) is 3.17. The van der Waals surface area contributed by atoms with Gasteiger partial charge in [0.05, 0.1) is 18.8 Å². The summed E-state index contributed by atoms with van der Waals surface area (Å²) in [6.07, 6.45) is 0.431. The highest BCUT2D eigenvalue weighted by molar-refractivity contribution is 5.53. The zero-order valence-electron chi connectivity index (χ0n) is 16.4. The Morgan fingerprint density at radius 2 is 1.73 bits per heavy atom. The van der Waals surface area contributed by atoms with Crippen LogP contribution in [0.3, 0.4) is 0 Å². The molecular weight excluding hydrogens is 383 g/mol. The van der Waals surface area contributed by atoms with Crippen molar-refractivity contribution in [3.05, 3.63) is 89.7 Å². The van der Waals surface area contributed by atoms with Gasteiger partial charge in [-0.15, -0.1) is 0 Å². The van der Waals surface area contributed by atoms with Crippen molar-refractivity contribution in [2.24, 2.45) is 0 Å². The SMILES string of the molecule is Oc1ccc(C2C(CCC(O)c3ccc(F)cc3)NCN2c2ccccc2)c(O)c1. The van der Waals surface area contributed by atoms with Gasteiger partial charge in [-0.2, -0.15) is 0 Å². The molecule has 1 fully saturated rings. The summed E-state index contributed by atoms with van der Waals surface area (Å²) in [5.74, 6) is -0.282. The maximum absolute atomic E-state index is 13.2. The van der Waals surface area contributed by atoms with E-state index in [0.29, 0.717) is 30.6 Å². The van der Waals surface area contributed by atoms with Crippen molar-refractivity contribution in [1.82, 2.24) is 5.32 Å². The van der Waals surface area contributed by atoms with E-state index in [0.717, 1.165) is 5.69 Å². The normalized spacial score (nSPS) is 19.7. The molecular formula is C24H25FN2O3. The van der Waals surface area contributed by atoms with Gasteiger partial charge in [0.25, 0.3) is 0 Å². The summed E-state index contributed by atoms with van der Waals surface area (Å²) in [4.78, 5) is 2.17. The number of benzene rings is 3. The number of hydrogen-bond acceptors (Lipinski definition) is 5. The molecule has 1 saturated heterocycles. The van der Waals surface area contributed by atoms with E-state index in [1.54, 1.807) is 24.3 Å². The van der Waals surface area contributed by atoms with Gasteiger partial charge >= 0.3 is 0 Å². The molecule has 156 valence electrons.